The molecule has 2 fully saturated rings. The van der Waals surface area contributed by atoms with E-state index in [1.807, 2.05) is 6.07 Å². The number of hydrogen-bond acceptors (Lipinski definition) is 6. The van der Waals surface area contributed by atoms with Gasteiger partial charge in [-0.25, -0.2) is 9.97 Å². The summed E-state index contributed by atoms with van der Waals surface area (Å²) in [6, 6.07) is 18.2. The Morgan fingerprint density at radius 3 is 2.82 bits per heavy atom. The molecule has 1 amide bonds. The fourth-order valence-corrected chi connectivity index (χ4v) is 4.03. The number of nitrogens with one attached hydrogen (secondary N) is 2. The van der Waals surface area contributed by atoms with Gasteiger partial charge in [-0.3, -0.25) is 9.69 Å². The highest BCUT2D eigenvalue weighted by Gasteiger charge is 2.25. The van der Waals surface area contributed by atoms with Gasteiger partial charge in [-0.1, -0.05) is 18.2 Å². The number of amides is 1. The molecule has 0 bridgehead atoms. The van der Waals surface area contributed by atoms with Crippen LogP contribution in [0.25, 0.3) is 11.3 Å². The van der Waals surface area contributed by atoms with Crippen molar-refractivity contribution >= 4 is 29.9 Å². The maximum absolute atomic E-state index is 11.7. The molecule has 1 aliphatic heterocycles. The average Bonchev–Trinajstić information content (AvgIpc) is 3.65. The summed E-state index contributed by atoms with van der Waals surface area (Å²) in [4.78, 5) is 23.0. The van der Waals surface area contributed by atoms with Gasteiger partial charge in [0.15, 0.2) is 0 Å². The lowest BCUT2D eigenvalue weighted by Gasteiger charge is -2.26. The molecule has 7 nitrogen and oxygen atoms in total. The maximum atomic E-state index is 11.7. The number of rotatable bonds is 6. The first-order valence-corrected chi connectivity index (χ1v) is 10.9. The Bertz CT molecular complexity index is 1200. The number of carbonyl (C=O) groups is 1. The standard InChI is InChI=1S/C25H24N6O.ClH/c26-14-17-6-7-27-23(11-17)30-24-13-21(19-4-5-19)12-22(29-24)20-3-1-2-18(10-20)15-31-9-8-28-25(32)16-31;/h1-3,6-7,10-13,19H,4-5,8-9,15-16H2,(H,28,32)(H,27,29,30);1H. The molecule has 8 heteroatoms. The number of halogens is 1. The molecule has 0 unspecified atom stereocenters. The van der Waals surface area contributed by atoms with Crippen LogP contribution < -0.4 is 10.6 Å². The van der Waals surface area contributed by atoms with Crippen molar-refractivity contribution in [3.05, 3.63) is 71.4 Å². The number of aromatic nitrogens is 2. The lowest BCUT2D eigenvalue weighted by atomic mass is 10.0. The van der Waals surface area contributed by atoms with Crippen LogP contribution in [0, 0.1) is 11.3 Å². The number of benzene rings is 1. The molecule has 1 aromatic carbocycles. The fourth-order valence-electron chi connectivity index (χ4n) is 4.03. The average molecular weight is 461 g/mol. The molecule has 5 rings (SSSR count). The van der Waals surface area contributed by atoms with E-state index in [9.17, 15) is 4.79 Å². The molecular formula is C25H25ClN6O. The van der Waals surface area contributed by atoms with Crippen molar-refractivity contribution in [2.75, 3.05) is 25.0 Å². The zero-order chi connectivity index (χ0) is 21.9. The smallest absolute Gasteiger partial charge is 0.234 e. The van der Waals surface area contributed by atoms with E-state index < -0.39 is 0 Å². The quantitative estimate of drug-likeness (QED) is 0.577. The lowest BCUT2D eigenvalue weighted by molar-refractivity contribution is -0.124. The summed E-state index contributed by atoms with van der Waals surface area (Å²) in [5.74, 6) is 1.99. The molecule has 2 N–H and O–H groups in total. The van der Waals surface area contributed by atoms with E-state index >= 15 is 0 Å². The van der Waals surface area contributed by atoms with Crippen molar-refractivity contribution in [3.8, 4) is 17.3 Å². The molecule has 3 heterocycles. The summed E-state index contributed by atoms with van der Waals surface area (Å²) in [5, 5.41) is 15.3. The van der Waals surface area contributed by atoms with Crippen molar-refractivity contribution in [2.45, 2.75) is 25.3 Å². The zero-order valence-corrected chi connectivity index (χ0v) is 18.9. The Morgan fingerprint density at radius 2 is 2.03 bits per heavy atom. The zero-order valence-electron chi connectivity index (χ0n) is 18.1. The van der Waals surface area contributed by atoms with Gasteiger partial charge in [-0.2, -0.15) is 5.26 Å². The first-order chi connectivity index (χ1) is 15.7. The Labute approximate surface area is 199 Å². The molecule has 3 aromatic rings. The van der Waals surface area contributed by atoms with Gasteiger partial charge in [0.05, 0.1) is 23.9 Å². The van der Waals surface area contributed by atoms with Crippen LogP contribution in [-0.2, 0) is 11.3 Å². The Balaban J connectivity index is 0.00000259. The molecular weight excluding hydrogens is 436 g/mol. The number of nitrogens with zero attached hydrogens (tertiary/aromatic N) is 4. The van der Waals surface area contributed by atoms with Crippen molar-refractivity contribution in [1.82, 2.24) is 20.2 Å². The number of nitriles is 1. The maximum Gasteiger partial charge on any atom is 0.234 e. The van der Waals surface area contributed by atoms with Gasteiger partial charge in [0.1, 0.15) is 11.6 Å². The normalized spacial score (nSPS) is 15.8. The second-order valence-corrected chi connectivity index (χ2v) is 8.37. The van der Waals surface area contributed by atoms with E-state index in [1.54, 1.807) is 18.3 Å². The highest BCUT2D eigenvalue weighted by atomic mass is 35.5. The number of pyridine rings is 2. The van der Waals surface area contributed by atoms with Crippen LogP contribution in [0.2, 0.25) is 0 Å². The molecule has 1 saturated carbocycles. The minimum Gasteiger partial charge on any atom is -0.354 e. The van der Waals surface area contributed by atoms with E-state index in [1.165, 1.54) is 18.4 Å². The largest absolute Gasteiger partial charge is 0.354 e. The van der Waals surface area contributed by atoms with E-state index in [2.05, 4.69) is 56.9 Å². The predicted molar refractivity (Wildman–Crippen MR) is 129 cm³/mol. The summed E-state index contributed by atoms with van der Waals surface area (Å²) in [6.45, 7) is 2.72. The van der Waals surface area contributed by atoms with Crippen molar-refractivity contribution in [3.63, 3.8) is 0 Å². The lowest BCUT2D eigenvalue weighted by Crippen LogP contribution is -2.47. The minimum atomic E-state index is 0. The predicted octanol–water partition coefficient (Wildman–Crippen LogP) is 3.99. The van der Waals surface area contributed by atoms with Crippen molar-refractivity contribution in [2.24, 2.45) is 0 Å². The Morgan fingerprint density at radius 1 is 1.15 bits per heavy atom. The molecule has 1 aliphatic carbocycles. The third-order valence-electron chi connectivity index (χ3n) is 5.79. The summed E-state index contributed by atoms with van der Waals surface area (Å²) >= 11 is 0. The monoisotopic (exact) mass is 460 g/mol. The molecule has 0 radical (unpaired) electrons. The fraction of sp³-hybridized carbons (Fsp3) is 0.280. The second kappa shape index (κ2) is 9.99. The highest BCUT2D eigenvalue weighted by molar-refractivity contribution is 5.85. The van der Waals surface area contributed by atoms with E-state index in [4.69, 9.17) is 10.2 Å². The molecule has 1 saturated heterocycles. The number of carbonyl (C=O) groups excluding carboxylic acids is 1. The van der Waals surface area contributed by atoms with Gasteiger partial charge in [0.25, 0.3) is 0 Å². The minimum absolute atomic E-state index is 0. The summed E-state index contributed by atoms with van der Waals surface area (Å²) in [6.07, 6.45) is 4.02. The SMILES string of the molecule is Cl.N#Cc1ccnc(Nc2cc(C3CC3)cc(-c3cccc(CN4CCNC(=O)C4)c3)n2)c1. The van der Waals surface area contributed by atoms with Crippen LogP contribution in [0.3, 0.4) is 0 Å². The highest BCUT2D eigenvalue weighted by Crippen LogP contribution is 2.42. The van der Waals surface area contributed by atoms with Gasteiger partial charge in [-0.15, -0.1) is 12.4 Å². The second-order valence-electron chi connectivity index (χ2n) is 8.37. The molecule has 0 atom stereocenters. The Hall–Kier alpha value is -3.47. The molecule has 168 valence electrons. The van der Waals surface area contributed by atoms with Crippen molar-refractivity contribution < 1.29 is 4.79 Å². The third kappa shape index (κ3) is 5.67. The van der Waals surface area contributed by atoms with Crippen LogP contribution in [0.5, 0.6) is 0 Å². The van der Waals surface area contributed by atoms with E-state index in [0.29, 0.717) is 30.4 Å². The van der Waals surface area contributed by atoms with Crippen LogP contribution in [0.1, 0.15) is 35.4 Å². The first kappa shape index (κ1) is 22.7. The van der Waals surface area contributed by atoms with Gasteiger partial charge in [0.2, 0.25) is 5.91 Å². The van der Waals surface area contributed by atoms with E-state index in [-0.39, 0.29) is 18.3 Å². The van der Waals surface area contributed by atoms with E-state index in [0.717, 1.165) is 35.7 Å². The van der Waals surface area contributed by atoms with Gasteiger partial charge in [-0.05, 0) is 60.2 Å². The van der Waals surface area contributed by atoms with Crippen LogP contribution in [0.15, 0.2) is 54.7 Å². The topological polar surface area (TPSA) is 93.9 Å². The van der Waals surface area contributed by atoms with Gasteiger partial charge in [0, 0.05) is 31.4 Å². The summed E-state index contributed by atoms with van der Waals surface area (Å²) in [7, 11) is 0. The first-order valence-electron chi connectivity index (χ1n) is 10.9. The summed E-state index contributed by atoms with van der Waals surface area (Å²) < 4.78 is 0. The Kier molecular flexibility index (Phi) is 6.87. The van der Waals surface area contributed by atoms with Crippen LogP contribution in [-0.4, -0.2) is 40.4 Å². The molecule has 2 aromatic heterocycles. The summed E-state index contributed by atoms with van der Waals surface area (Å²) in [5.41, 5.74) is 4.95. The number of piperazine rings is 1. The van der Waals surface area contributed by atoms with Crippen LogP contribution in [0.4, 0.5) is 11.6 Å². The van der Waals surface area contributed by atoms with Crippen LogP contribution >= 0.6 is 12.4 Å². The molecule has 33 heavy (non-hydrogen) atoms. The van der Waals surface area contributed by atoms with Crippen molar-refractivity contribution in [1.29, 1.82) is 5.26 Å². The number of hydrogen-bond donors (Lipinski definition) is 2. The van der Waals surface area contributed by atoms with Gasteiger partial charge >= 0.3 is 0 Å². The molecule has 0 spiro atoms. The molecule has 2 aliphatic rings. The third-order valence-corrected chi connectivity index (χ3v) is 5.79. The van der Waals surface area contributed by atoms with Gasteiger partial charge < -0.3 is 10.6 Å². The number of anilines is 2.